The summed E-state index contributed by atoms with van der Waals surface area (Å²) in [4.78, 5) is 18.6. The number of rotatable bonds is 6. The maximum Gasteiger partial charge on any atom is 0.319 e. The molecule has 1 fully saturated rings. The number of ether oxygens (including phenoxy) is 2. The Hall–Kier alpha value is -2.71. The summed E-state index contributed by atoms with van der Waals surface area (Å²) in [6.07, 6.45) is 1.51. The molecule has 1 aliphatic rings. The summed E-state index contributed by atoms with van der Waals surface area (Å²) in [6.45, 7) is 7.86. The number of urea groups is 1. The van der Waals surface area contributed by atoms with E-state index in [1.165, 1.54) is 30.5 Å². The van der Waals surface area contributed by atoms with Crippen molar-refractivity contribution in [3.05, 3.63) is 48.4 Å². The second-order valence-corrected chi connectivity index (χ2v) is 7.16. The third-order valence-electron chi connectivity index (χ3n) is 4.58. The minimum atomic E-state index is -0.331. The zero-order valence-corrected chi connectivity index (χ0v) is 16.1. The second-order valence-electron chi connectivity index (χ2n) is 7.16. The van der Waals surface area contributed by atoms with Gasteiger partial charge < -0.3 is 20.1 Å². The molecule has 1 aromatic carbocycles. The highest BCUT2D eigenvalue weighted by Gasteiger charge is 2.28. The van der Waals surface area contributed by atoms with Gasteiger partial charge in [-0.3, -0.25) is 4.90 Å². The number of morpholine rings is 1. The molecule has 0 saturated carbocycles. The van der Waals surface area contributed by atoms with E-state index in [9.17, 15) is 9.18 Å². The van der Waals surface area contributed by atoms with Crippen LogP contribution < -0.4 is 15.4 Å². The quantitative estimate of drug-likeness (QED) is 0.795. The number of nitrogens with one attached hydrogen (secondary N) is 2. The van der Waals surface area contributed by atoms with Crippen LogP contribution in [0.15, 0.2) is 42.6 Å². The topological polar surface area (TPSA) is 75.7 Å². The van der Waals surface area contributed by atoms with Crippen molar-refractivity contribution < 1.29 is 18.7 Å². The van der Waals surface area contributed by atoms with Gasteiger partial charge in [-0.05, 0) is 44.2 Å². The average Bonchev–Trinajstić information content (AvgIpc) is 2.70. The van der Waals surface area contributed by atoms with Crippen molar-refractivity contribution in [3.8, 4) is 11.6 Å². The molecule has 0 atom stereocenters. The fraction of sp³-hybridized carbons (Fsp3) is 0.400. The maximum atomic E-state index is 12.9. The Bertz CT molecular complexity index is 775. The number of benzene rings is 1. The van der Waals surface area contributed by atoms with E-state index < -0.39 is 0 Å². The van der Waals surface area contributed by atoms with Crippen LogP contribution in [0.4, 0.5) is 14.9 Å². The van der Waals surface area contributed by atoms with E-state index in [1.54, 1.807) is 12.1 Å². The molecular formula is C20H25FN4O3. The van der Waals surface area contributed by atoms with Crippen LogP contribution in [-0.2, 0) is 4.74 Å². The molecule has 7 nitrogen and oxygen atoms in total. The molecule has 1 aromatic heterocycles. The van der Waals surface area contributed by atoms with Crippen LogP contribution in [0.3, 0.4) is 0 Å². The predicted molar refractivity (Wildman–Crippen MR) is 104 cm³/mol. The van der Waals surface area contributed by atoms with Crippen molar-refractivity contribution in [3.63, 3.8) is 0 Å². The first-order chi connectivity index (χ1) is 13.4. The summed E-state index contributed by atoms with van der Waals surface area (Å²) in [5.74, 6) is 0.506. The Balaban J connectivity index is 1.48. The lowest BCUT2D eigenvalue weighted by Gasteiger charge is -2.40. The van der Waals surface area contributed by atoms with E-state index in [0.717, 1.165) is 13.1 Å². The van der Waals surface area contributed by atoms with Crippen LogP contribution in [-0.4, -0.2) is 54.3 Å². The van der Waals surface area contributed by atoms with Crippen molar-refractivity contribution in [2.75, 3.05) is 38.2 Å². The third-order valence-corrected chi connectivity index (χ3v) is 4.58. The highest BCUT2D eigenvalue weighted by Crippen LogP contribution is 2.20. The fourth-order valence-electron chi connectivity index (χ4n) is 2.89. The van der Waals surface area contributed by atoms with Crippen molar-refractivity contribution in [1.82, 2.24) is 15.2 Å². The van der Waals surface area contributed by atoms with Gasteiger partial charge in [-0.15, -0.1) is 0 Å². The van der Waals surface area contributed by atoms with Crippen LogP contribution in [0.2, 0.25) is 0 Å². The van der Waals surface area contributed by atoms with Crippen molar-refractivity contribution in [1.29, 1.82) is 0 Å². The normalized spacial score (nSPS) is 15.1. The van der Waals surface area contributed by atoms with Crippen LogP contribution in [0.25, 0.3) is 0 Å². The zero-order chi connectivity index (χ0) is 20.0. The highest BCUT2D eigenvalue weighted by atomic mass is 19.1. The standard InChI is InChI=1S/C20H25FN4O3/c1-20(2,25-9-11-27-12-10-25)14-23-19(26)24-16-5-8-18(22-13-16)28-17-6-3-15(21)4-7-17/h3-8,13H,9-12,14H2,1-2H3,(H2,23,24,26). The molecule has 28 heavy (non-hydrogen) atoms. The second kappa shape index (κ2) is 8.99. The van der Waals surface area contributed by atoms with Crippen molar-refractivity contribution >= 4 is 11.7 Å². The number of nitrogens with zero attached hydrogens (tertiary/aromatic N) is 2. The number of carbonyl (C=O) groups excluding carboxylic acids is 1. The first kappa shape index (κ1) is 20.0. The Morgan fingerprint density at radius 1 is 1.21 bits per heavy atom. The molecule has 0 unspecified atom stereocenters. The minimum Gasteiger partial charge on any atom is -0.439 e. The summed E-state index contributed by atoms with van der Waals surface area (Å²) in [5.41, 5.74) is 0.389. The van der Waals surface area contributed by atoms with Crippen molar-refractivity contribution in [2.45, 2.75) is 19.4 Å². The van der Waals surface area contributed by atoms with Gasteiger partial charge >= 0.3 is 6.03 Å². The smallest absolute Gasteiger partial charge is 0.319 e. The number of halogens is 1. The summed E-state index contributed by atoms with van der Waals surface area (Å²) in [7, 11) is 0. The molecule has 2 N–H and O–H groups in total. The molecule has 0 bridgehead atoms. The Kier molecular flexibility index (Phi) is 6.43. The first-order valence-corrected chi connectivity index (χ1v) is 9.19. The van der Waals surface area contributed by atoms with Gasteiger partial charge in [0.1, 0.15) is 11.6 Å². The van der Waals surface area contributed by atoms with Gasteiger partial charge in [0.15, 0.2) is 0 Å². The monoisotopic (exact) mass is 388 g/mol. The zero-order valence-electron chi connectivity index (χ0n) is 16.1. The van der Waals surface area contributed by atoms with Gasteiger partial charge in [-0.25, -0.2) is 14.2 Å². The van der Waals surface area contributed by atoms with E-state index >= 15 is 0 Å². The molecule has 0 aliphatic carbocycles. The molecule has 2 amide bonds. The van der Waals surface area contributed by atoms with E-state index in [0.29, 0.717) is 37.1 Å². The molecular weight excluding hydrogens is 363 g/mol. The number of pyridine rings is 1. The lowest BCUT2D eigenvalue weighted by atomic mass is 10.0. The van der Waals surface area contributed by atoms with Gasteiger partial charge in [0.25, 0.3) is 0 Å². The summed E-state index contributed by atoms with van der Waals surface area (Å²) >= 11 is 0. The first-order valence-electron chi connectivity index (χ1n) is 9.19. The Labute approximate surface area is 163 Å². The third kappa shape index (κ3) is 5.64. The molecule has 2 aromatic rings. The van der Waals surface area contributed by atoms with E-state index in [2.05, 4.69) is 34.4 Å². The molecule has 1 saturated heterocycles. The van der Waals surface area contributed by atoms with E-state index in [1.807, 2.05) is 0 Å². The van der Waals surface area contributed by atoms with Gasteiger partial charge in [0.2, 0.25) is 5.88 Å². The minimum absolute atomic E-state index is 0.160. The summed E-state index contributed by atoms with van der Waals surface area (Å²) in [6, 6.07) is 8.70. The van der Waals surface area contributed by atoms with Crippen LogP contribution in [0, 0.1) is 5.82 Å². The number of aromatic nitrogens is 1. The fourth-order valence-corrected chi connectivity index (χ4v) is 2.89. The van der Waals surface area contributed by atoms with E-state index in [4.69, 9.17) is 9.47 Å². The molecule has 2 heterocycles. The highest BCUT2D eigenvalue weighted by molar-refractivity contribution is 5.89. The SMILES string of the molecule is CC(C)(CNC(=O)Nc1ccc(Oc2ccc(F)cc2)nc1)N1CCOCC1. The number of hydrogen-bond acceptors (Lipinski definition) is 5. The van der Waals surface area contributed by atoms with Crippen LogP contribution in [0.1, 0.15) is 13.8 Å². The van der Waals surface area contributed by atoms with Gasteiger partial charge in [-0.2, -0.15) is 0 Å². The summed E-state index contributed by atoms with van der Waals surface area (Å²) < 4.78 is 23.8. The van der Waals surface area contributed by atoms with Crippen LogP contribution in [0.5, 0.6) is 11.6 Å². The van der Waals surface area contributed by atoms with Crippen molar-refractivity contribution in [2.24, 2.45) is 0 Å². The average molecular weight is 388 g/mol. The maximum absolute atomic E-state index is 12.9. The van der Waals surface area contributed by atoms with Gasteiger partial charge in [0, 0.05) is 31.2 Å². The van der Waals surface area contributed by atoms with Gasteiger partial charge in [-0.1, -0.05) is 0 Å². The summed E-state index contributed by atoms with van der Waals surface area (Å²) in [5, 5.41) is 5.66. The number of anilines is 1. The lowest BCUT2D eigenvalue weighted by Crippen LogP contribution is -2.55. The number of hydrogen-bond donors (Lipinski definition) is 2. The van der Waals surface area contributed by atoms with Crippen LogP contribution >= 0.6 is 0 Å². The molecule has 3 rings (SSSR count). The number of amides is 2. The molecule has 150 valence electrons. The molecule has 0 spiro atoms. The lowest BCUT2D eigenvalue weighted by molar-refractivity contribution is -0.00863. The Morgan fingerprint density at radius 2 is 1.93 bits per heavy atom. The molecule has 1 aliphatic heterocycles. The van der Waals surface area contributed by atoms with E-state index in [-0.39, 0.29) is 17.4 Å². The van der Waals surface area contributed by atoms with Gasteiger partial charge in [0.05, 0.1) is 25.1 Å². The molecule has 0 radical (unpaired) electrons. The Morgan fingerprint density at radius 3 is 2.57 bits per heavy atom. The largest absolute Gasteiger partial charge is 0.439 e. The predicted octanol–water partition coefficient (Wildman–Crippen LogP) is 3.25. The molecule has 8 heteroatoms. The number of carbonyl (C=O) groups is 1.